The van der Waals surface area contributed by atoms with Gasteiger partial charge >= 0.3 is 0 Å². The van der Waals surface area contributed by atoms with E-state index < -0.39 is 0 Å². The fourth-order valence-corrected chi connectivity index (χ4v) is 2.49. The van der Waals surface area contributed by atoms with Crippen LogP contribution in [0.15, 0.2) is 29.1 Å². The summed E-state index contributed by atoms with van der Waals surface area (Å²) in [5.41, 5.74) is 3.81. The third kappa shape index (κ3) is 3.32. The number of carbonyl (C=O) groups excluding carboxylic acids is 1. The maximum Gasteiger partial charge on any atom is 0.277 e. The fourth-order valence-electron chi connectivity index (χ4n) is 2.49. The van der Waals surface area contributed by atoms with Gasteiger partial charge in [0, 0.05) is 12.1 Å². The third-order valence-electron chi connectivity index (χ3n) is 3.73. The van der Waals surface area contributed by atoms with Gasteiger partial charge in [-0.05, 0) is 38.8 Å². The van der Waals surface area contributed by atoms with Crippen LogP contribution in [0.1, 0.15) is 48.2 Å². The first-order valence-corrected chi connectivity index (χ1v) is 7.64. The molecule has 2 aromatic rings. The molecule has 0 aliphatic heterocycles. The van der Waals surface area contributed by atoms with Crippen molar-refractivity contribution in [2.45, 2.75) is 47.1 Å². The molecule has 1 aromatic carbocycles. The molecule has 0 fully saturated rings. The Hall–Kier alpha value is -2.23. The Kier molecular flexibility index (Phi) is 4.91. The minimum atomic E-state index is -0.297. The molecule has 22 heavy (non-hydrogen) atoms. The molecule has 2 rings (SSSR count). The summed E-state index contributed by atoms with van der Waals surface area (Å²) in [6.45, 7) is 8.07. The molecule has 4 heteroatoms. The Morgan fingerprint density at radius 2 is 1.95 bits per heavy atom. The summed E-state index contributed by atoms with van der Waals surface area (Å²) in [6.07, 6.45) is 1.83. The monoisotopic (exact) mass is 298 g/mol. The fraction of sp³-hybridized carbons (Fsp3) is 0.389. The van der Waals surface area contributed by atoms with E-state index in [9.17, 15) is 9.59 Å². The van der Waals surface area contributed by atoms with Gasteiger partial charge in [-0.2, -0.15) is 5.10 Å². The number of benzene rings is 1. The van der Waals surface area contributed by atoms with Crippen LogP contribution in [0.4, 0.5) is 0 Å². The van der Waals surface area contributed by atoms with Gasteiger partial charge in [0.25, 0.3) is 5.56 Å². The van der Waals surface area contributed by atoms with Gasteiger partial charge in [-0.15, -0.1) is 0 Å². The number of Topliss-reactive ketones (excluding diaryl/α,β-unsaturated/α-hetero) is 1. The first-order valence-electron chi connectivity index (χ1n) is 7.64. The zero-order chi connectivity index (χ0) is 16.3. The van der Waals surface area contributed by atoms with Crippen molar-refractivity contribution >= 4 is 5.78 Å². The summed E-state index contributed by atoms with van der Waals surface area (Å²) in [5.74, 6) is -0.219. The highest BCUT2D eigenvalue weighted by Crippen LogP contribution is 2.22. The lowest BCUT2D eigenvalue weighted by molar-refractivity contribution is 0.101. The molecule has 0 radical (unpaired) electrons. The van der Waals surface area contributed by atoms with Gasteiger partial charge in [-0.1, -0.05) is 37.1 Å². The van der Waals surface area contributed by atoms with Crippen molar-refractivity contribution in [3.63, 3.8) is 0 Å². The molecule has 0 aliphatic carbocycles. The van der Waals surface area contributed by atoms with Crippen LogP contribution >= 0.6 is 0 Å². The summed E-state index contributed by atoms with van der Waals surface area (Å²) in [4.78, 5) is 24.1. The van der Waals surface area contributed by atoms with E-state index in [0.717, 1.165) is 24.0 Å². The highest BCUT2D eigenvalue weighted by molar-refractivity contribution is 5.94. The van der Waals surface area contributed by atoms with Crippen molar-refractivity contribution in [2.75, 3.05) is 0 Å². The zero-order valence-corrected chi connectivity index (χ0v) is 13.6. The number of rotatable bonds is 5. The van der Waals surface area contributed by atoms with E-state index in [1.165, 1.54) is 17.2 Å². The lowest BCUT2D eigenvalue weighted by Gasteiger charge is -2.11. The number of ketones is 1. The van der Waals surface area contributed by atoms with Crippen LogP contribution < -0.4 is 5.56 Å². The van der Waals surface area contributed by atoms with Crippen LogP contribution in [-0.4, -0.2) is 15.6 Å². The second-order valence-corrected chi connectivity index (χ2v) is 5.70. The number of nitrogens with zero attached hydrogens (tertiary/aromatic N) is 2. The molecule has 1 heterocycles. The molecule has 1 aromatic heterocycles. The number of hydrogen-bond donors (Lipinski definition) is 0. The zero-order valence-electron chi connectivity index (χ0n) is 13.6. The molecule has 0 spiro atoms. The molecule has 0 N–H and O–H groups in total. The van der Waals surface area contributed by atoms with Crippen molar-refractivity contribution in [1.29, 1.82) is 0 Å². The Labute approximate surface area is 130 Å². The number of hydrogen-bond acceptors (Lipinski definition) is 3. The number of unbranched alkanes of at least 4 members (excludes halogenated alkanes) is 1. The van der Waals surface area contributed by atoms with Crippen LogP contribution in [0.5, 0.6) is 0 Å². The number of carbonyl (C=O) groups is 1. The summed E-state index contributed by atoms with van der Waals surface area (Å²) >= 11 is 0. The maximum atomic E-state index is 12.3. The lowest BCUT2D eigenvalue weighted by Crippen LogP contribution is -2.28. The van der Waals surface area contributed by atoms with Crippen LogP contribution in [0.3, 0.4) is 0 Å². The molecular weight excluding hydrogens is 276 g/mol. The maximum absolute atomic E-state index is 12.3. The quantitative estimate of drug-likeness (QED) is 0.793. The summed E-state index contributed by atoms with van der Waals surface area (Å²) < 4.78 is 1.43. The molecular formula is C18H22N2O2. The Balaban J connectivity index is 2.62. The standard InChI is InChI=1S/C18H22N2O2/c1-5-6-9-20-18(22)16(14(4)21)11-17(19-20)15-8-7-12(2)10-13(15)3/h7-8,10-11H,5-6,9H2,1-4H3. The third-order valence-corrected chi connectivity index (χ3v) is 3.73. The minimum Gasteiger partial charge on any atom is -0.294 e. The molecule has 0 saturated carbocycles. The van der Waals surface area contributed by atoms with Gasteiger partial charge < -0.3 is 0 Å². The summed E-state index contributed by atoms with van der Waals surface area (Å²) in [7, 11) is 0. The Morgan fingerprint density at radius 1 is 1.23 bits per heavy atom. The highest BCUT2D eigenvalue weighted by atomic mass is 16.1. The van der Waals surface area contributed by atoms with Crippen molar-refractivity contribution in [3.05, 3.63) is 51.3 Å². The van der Waals surface area contributed by atoms with Crippen LogP contribution in [-0.2, 0) is 6.54 Å². The largest absolute Gasteiger partial charge is 0.294 e. The normalized spacial score (nSPS) is 10.7. The SMILES string of the molecule is CCCCn1nc(-c2ccc(C)cc2C)cc(C(C)=O)c1=O. The van der Waals surface area contributed by atoms with E-state index in [1.807, 2.05) is 26.0 Å². The van der Waals surface area contributed by atoms with Crippen molar-refractivity contribution in [3.8, 4) is 11.3 Å². The van der Waals surface area contributed by atoms with E-state index in [1.54, 1.807) is 6.07 Å². The average molecular weight is 298 g/mol. The van der Waals surface area contributed by atoms with Gasteiger partial charge in [0.2, 0.25) is 0 Å². The highest BCUT2D eigenvalue weighted by Gasteiger charge is 2.14. The van der Waals surface area contributed by atoms with Crippen LogP contribution in [0.2, 0.25) is 0 Å². The molecule has 0 unspecified atom stereocenters. The van der Waals surface area contributed by atoms with Crippen molar-refractivity contribution < 1.29 is 4.79 Å². The molecule has 4 nitrogen and oxygen atoms in total. The summed E-state index contributed by atoms with van der Waals surface area (Å²) in [5, 5.41) is 4.47. The smallest absolute Gasteiger partial charge is 0.277 e. The van der Waals surface area contributed by atoms with E-state index in [2.05, 4.69) is 18.1 Å². The predicted molar refractivity (Wildman–Crippen MR) is 88.3 cm³/mol. The van der Waals surface area contributed by atoms with Gasteiger partial charge in [0.1, 0.15) is 0 Å². The van der Waals surface area contributed by atoms with Gasteiger partial charge in [-0.25, -0.2) is 4.68 Å². The van der Waals surface area contributed by atoms with E-state index in [4.69, 9.17) is 0 Å². The lowest BCUT2D eigenvalue weighted by atomic mass is 10.0. The predicted octanol–water partition coefficient (Wildman–Crippen LogP) is 3.53. The van der Waals surface area contributed by atoms with Gasteiger partial charge in [-0.3, -0.25) is 9.59 Å². The Morgan fingerprint density at radius 3 is 2.55 bits per heavy atom. The van der Waals surface area contributed by atoms with E-state index in [-0.39, 0.29) is 16.9 Å². The molecule has 0 saturated heterocycles. The first kappa shape index (κ1) is 16.1. The van der Waals surface area contributed by atoms with Crippen molar-refractivity contribution in [1.82, 2.24) is 9.78 Å². The summed E-state index contributed by atoms with van der Waals surface area (Å²) in [6, 6.07) is 7.70. The molecule has 0 atom stereocenters. The molecule has 0 amide bonds. The second kappa shape index (κ2) is 6.69. The number of aromatic nitrogens is 2. The molecule has 0 bridgehead atoms. The Bertz CT molecular complexity index is 760. The van der Waals surface area contributed by atoms with Crippen LogP contribution in [0.25, 0.3) is 11.3 Å². The van der Waals surface area contributed by atoms with Gasteiger partial charge in [0.05, 0.1) is 11.3 Å². The van der Waals surface area contributed by atoms with E-state index in [0.29, 0.717) is 12.2 Å². The van der Waals surface area contributed by atoms with Crippen molar-refractivity contribution in [2.24, 2.45) is 0 Å². The minimum absolute atomic E-state index is 0.209. The molecule has 116 valence electrons. The van der Waals surface area contributed by atoms with E-state index >= 15 is 0 Å². The first-order chi connectivity index (χ1) is 10.4. The number of aryl methyl sites for hydroxylation is 3. The van der Waals surface area contributed by atoms with Gasteiger partial charge in [0.15, 0.2) is 5.78 Å². The second-order valence-electron chi connectivity index (χ2n) is 5.70. The topological polar surface area (TPSA) is 52.0 Å². The molecule has 0 aliphatic rings. The average Bonchev–Trinajstić information content (AvgIpc) is 2.46. The van der Waals surface area contributed by atoms with Crippen LogP contribution in [0, 0.1) is 13.8 Å².